The van der Waals surface area contributed by atoms with Crippen molar-refractivity contribution in [3.05, 3.63) is 22.9 Å². The van der Waals surface area contributed by atoms with Gasteiger partial charge in [-0.05, 0) is 18.6 Å². The van der Waals surface area contributed by atoms with Crippen LogP contribution in [0.3, 0.4) is 0 Å². The highest BCUT2D eigenvalue weighted by atomic mass is 19.4. The third-order valence-electron chi connectivity index (χ3n) is 1.89. The lowest BCUT2D eigenvalue weighted by atomic mass is 10.1. The number of hydrogen-bond donors (Lipinski definition) is 2. The Morgan fingerprint density at radius 1 is 1.59 bits per heavy atom. The number of carbonyl (C=O) groups is 1. The number of aromatic carboxylic acids is 1. The Kier molecular flexibility index (Phi) is 3.56. The van der Waals surface area contributed by atoms with Crippen LogP contribution in [0.25, 0.3) is 0 Å². The quantitative estimate of drug-likeness (QED) is 0.847. The standard InChI is InChI=1S/C9H9F3N2O3/c1-4-2-5(3-13)7(17-9(10,11)12)14-6(4)8(15)16/h2H,3,13H2,1H3,(H,15,16). The molecule has 1 aromatic heterocycles. The highest BCUT2D eigenvalue weighted by Gasteiger charge is 2.33. The summed E-state index contributed by atoms with van der Waals surface area (Å²) in [4.78, 5) is 14.0. The molecule has 17 heavy (non-hydrogen) atoms. The number of carboxylic acid groups (broad SMARTS) is 1. The van der Waals surface area contributed by atoms with Crippen molar-refractivity contribution in [2.24, 2.45) is 5.73 Å². The maximum atomic E-state index is 12.0. The van der Waals surface area contributed by atoms with E-state index in [4.69, 9.17) is 10.8 Å². The molecule has 5 nitrogen and oxygen atoms in total. The first kappa shape index (κ1) is 13.2. The van der Waals surface area contributed by atoms with E-state index in [0.717, 1.165) is 0 Å². The molecule has 0 amide bonds. The second-order valence-electron chi connectivity index (χ2n) is 3.18. The van der Waals surface area contributed by atoms with Gasteiger partial charge in [-0.1, -0.05) is 0 Å². The van der Waals surface area contributed by atoms with E-state index in [9.17, 15) is 18.0 Å². The number of nitrogens with two attached hydrogens (primary N) is 1. The fourth-order valence-electron chi connectivity index (χ4n) is 1.21. The molecule has 0 radical (unpaired) electrons. The Balaban J connectivity index is 3.26. The number of carboxylic acids is 1. The number of pyridine rings is 1. The number of aryl methyl sites for hydroxylation is 1. The molecule has 8 heteroatoms. The second kappa shape index (κ2) is 4.58. The summed E-state index contributed by atoms with van der Waals surface area (Å²) in [5.74, 6) is -2.26. The van der Waals surface area contributed by atoms with Crippen LogP contribution in [-0.4, -0.2) is 22.4 Å². The number of aromatic nitrogens is 1. The molecule has 1 aromatic rings. The van der Waals surface area contributed by atoms with Gasteiger partial charge in [0.15, 0.2) is 5.69 Å². The van der Waals surface area contributed by atoms with E-state index in [1.807, 2.05) is 0 Å². The molecular formula is C9H9F3N2O3. The molecule has 0 bridgehead atoms. The fraction of sp³-hybridized carbons (Fsp3) is 0.333. The van der Waals surface area contributed by atoms with Crippen LogP contribution in [0.4, 0.5) is 13.2 Å². The van der Waals surface area contributed by atoms with Crippen LogP contribution in [0.15, 0.2) is 6.07 Å². The Morgan fingerprint density at radius 3 is 2.59 bits per heavy atom. The summed E-state index contributed by atoms with van der Waals surface area (Å²) in [6.45, 7) is 1.17. The summed E-state index contributed by atoms with van der Waals surface area (Å²) in [5.41, 5.74) is 4.94. The molecule has 0 atom stereocenters. The van der Waals surface area contributed by atoms with Crippen LogP contribution >= 0.6 is 0 Å². The number of halogens is 3. The summed E-state index contributed by atoms with van der Waals surface area (Å²) in [6.07, 6.45) is -4.94. The van der Waals surface area contributed by atoms with Crippen LogP contribution in [-0.2, 0) is 6.54 Å². The topological polar surface area (TPSA) is 85.4 Å². The lowest BCUT2D eigenvalue weighted by Crippen LogP contribution is -2.21. The lowest BCUT2D eigenvalue weighted by Gasteiger charge is -2.13. The maximum Gasteiger partial charge on any atom is 0.574 e. The van der Waals surface area contributed by atoms with Gasteiger partial charge >= 0.3 is 12.3 Å². The highest BCUT2D eigenvalue weighted by Crippen LogP contribution is 2.26. The van der Waals surface area contributed by atoms with Gasteiger partial charge in [-0.2, -0.15) is 0 Å². The molecule has 0 saturated heterocycles. The maximum absolute atomic E-state index is 12.0. The number of hydrogen-bond acceptors (Lipinski definition) is 4. The van der Waals surface area contributed by atoms with Gasteiger partial charge in [0.25, 0.3) is 0 Å². The van der Waals surface area contributed by atoms with E-state index in [2.05, 4.69) is 9.72 Å². The largest absolute Gasteiger partial charge is 0.574 e. The van der Waals surface area contributed by atoms with Gasteiger partial charge < -0.3 is 15.6 Å². The lowest BCUT2D eigenvalue weighted by molar-refractivity contribution is -0.276. The molecule has 0 fully saturated rings. The summed E-state index contributed by atoms with van der Waals surface area (Å²) in [7, 11) is 0. The minimum Gasteiger partial charge on any atom is -0.477 e. The third-order valence-corrected chi connectivity index (χ3v) is 1.89. The summed E-state index contributed by atoms with van der Waals surface area (Å²) in [6, 6.07) is 1.21. The molecule has 0 aliphatic carbocycles. The predicted octanol–water partition coefficient (Wildman–Crippen LogP) is 1.45. The van der Waals surface area contributed by atoms with Crippen LogP contribution in [0.1, 0.15) is 21.6 Å². The molecule has 0 spiro atoms. The molecule has 1 heterocycles. The Morgan fingerprint density at radius 2 is 2.18 bits per heavy atom. The van der Waals surface area contributed by atoms with E-state index in [0.29, 0.717) is 0 Å². The van der Waals surface area contributed by atoms with Crippen LogP contribution in [0.5, 0.6) is 5.88 Å². The van der Waals surface area contributed by atoms with Crippen molar-refractivity contribution in [3.63, 3.8) is 0 Å². The van der Waals surface area contributed by atoms with Gasteiger partial charge in [0.2, 0.25) is 5.88 Å². The SMILES string of the molecule is Cc1cc(CN)c(OC(F)(F)F)nc1C(=O)O. The third kappa shape index (κ3) is 3.31. The van der Waals surface area contributed by atoms with E-state index in [1.165, 1.54) is 13.0 Å². The molecular weight excluding hydrogens is 241 g/mol. The molecule has 0 aliphatic rings. The fourth-order valence-corrected chi connectivity index (χ4v) is 1.21. The van der Waals surface area contributed by atoms with Crippen LogP contribution < -0.4 is 10.5 Å². The number of nitrogens with zero attached hydrogens (tertiary/aromatic N) is 1. The molecule has 0 aliphatic heterocycles. The minimum absolute atomic E-state index is 0.00942. The molecule has 3 N–H and O–H groups in total. The Labute approximate surface area is 94.0 Å². The van der Waals surface area contributed by atoms with Gasteiger partial charge in [0.1, 0.15) is 0 Å². The number of rotatable bonds is 3. The van der Waals surface area contributed by atoms with Crippen molar-refractivity contribution >= 4 is 5.97 Å². The first-order chi connectivity index (χ1) is 7.74. The van der Waals surface area contributed by atoms with Gasteiger partial charge in [0.05, 0.1) is 0 Å². The van der Waals surface area contributed by atoms with Crippen molar-refractivity contribution < 1.29 is 27.8 Å². The van der Waals surface area contributed by atoms with Gasteiger partial charge in [0, 0.05) is 12.1 Å². The van der Waals surface area contributed by atoms with E-state index in [-0.39, 0.29) is 17.7 Å². The van der Waals surface area contributed by atoms with Crippen LogP contribution in [0.2, 0.25) is 0 Å². The zero-order chi connectivity index (χ0) is 13.2. The zero-order valence-electron chi connectivity index (χ0n) is 8.71. The molecule has 1 rings (SSSR count). The van der Waals surface area contributed by atoms with Crippen molar-refractivity contribution in [1.82, 2.24) is 4.98 Å². The second-order valence-corrected chi connectivity index (χ2v) is 3.18. The number of alkyl halides is 3. The molecule has 0 aromatic carbocycles. The summed E-state index contributed by atoms with van der Waals surface area (Å²) >= 11 is 0. The Bertz CT molecular complexity index is 446. The van der Waals surface area contributed by atoms with Crippen molar-refractivity contribution in [3.8, 4) is 5.88 Å². The van der Waals surface area contributed by atoms with Crippen molar-refractivity contribution in [2.45, 2.75) is 19.8 Å². The number of ether oxygens (including phenoxy) is 1. The highest BCUT2D eigenvalue weighted by molar-refractivity contribution is 5.87. The van der Waals surface area contributed by atoms with Crippen LogP contribution in [0, 0.1) is 6.92 Å². The van der Waals surface area contributed by atoms with E-state index >= 15 is 0 Å². The minimum atomic E-state index is -4.94. The van der Waals surface area contributed by atoms with Gasteiger partial charge in [-0.25, -0.2) is 9.78 Å². The predicted molar refractivity (Wildman–Crippen MR) is 50.5 cm³/mol. The van der Waals surface area contributed by atoms with Gasteiger partial charge in [-0.15, -0.1) is 13.2 Å². The van der Waals surface area contributed by atoms with Crippen molar-refractivity contribution in [2.75, 3.05) is 0 Å². The zero-order valence-corrected chi connectivity index (χ0v) is 8.71. The first-order valence-electron chi connectivity index (χ1n) is 4.44. The molecule has 0 saturated carbocycles. The monoisotopic (exact) mass is 250 g/mol. The average Bonchev–Trinajstić information content (AvgIpc) is 2.17. The summed E-state index contributed by atoms with van der Waals surface area (Å²) < 4.78 is 39.7. The first-order valence-corrected chi connectivity index (χ1v) is 4.44. The molecule has 94 valence electrons. The van der Waals surface area contributed by atoms with E-state index in [1.54, 1.807) is 0 Å². The summed E-state index contributed by atoms with van der Waals surface area (Å²) in [5, 5.41) is 8.72. The van der Waals surface area contributed by atoms with Crippen molar-refractivity contribution in [1.29, 1.82) is 0 Å². The van der Waals surface area contributed by atoms with E-state index < -0.39 is 23.9 Å². The van der Waals surface area contributed by atoms with Gasteiger partial charge in [-0.3, -0.25) is 0 Å². The Hall–Kier alpha value is -1.83. The normalized spacial score (nSPS) is 11.4. The molecule has 0 unspecified atom stereocenters. The average molecular weight is 250 g/mol. The smallest absolute Gasteiger partial charge is 0.477 e.